The van der Waals surface area contributed by atoms with Crippen LogP contribution in [0.4, 0.5) is 0 Å². The number of benzene rings is 1. The molecule has 0 aromatic heterocycles. The minimum absolute atomic E-state index is 0.200. The van der Waals surface area contributed by atoms with E-state index in [-0.39, 0.29) is 18.4 Å². The Hall–Kier alpha value is -1.84. The van der Waals surface area contributed by atoms with Crippen LogP contribution in [0.5, 0.6) is 0 Å². The van der Waals surface area contributed by atoms with E-state index < -0.39 is 5.92 Å². The van der Waals surface area contributed by atoms with Gasteiger partial charge in [-0.2, -0.15) is 0 Å². The van der Waals surface area contributed by atoms with E-state index in [2.05, 4.69) is 4.74 Å². The Morgan fingerprint density at radius 3 is 2.29 bits per heavy atom. The fourth-order valence-electron chi connectivity index (χ4n) is 1.61. The molecular formula is C13H16O4. The van der Waals surface area contributed by atoms with E-state index >= 15 is 0 Å². The first-order chi connectivity index (χ1) is 8.19. The second-order valence-corrected chi connectivity index (χ2v) is 3.60. The number of hydrogen-bond acceptors (Lipinski definition) is 4. The maximum Gasteiger partial charge on any atom is 0.313 e. The van der Waals surface area contributed by atoms with Crippen LogP contribution in [0.1, 0.15) is 24.3 Å². The normalized spacial score (nSPS) is 11.6. The Morgan fingerprint density at radius 2 is 1.76 bits per heavy atom. The molecule has 0 saturated heterocycles. The summed E-state index contributed by atoms with van der Waals surface area (Å²) in [5.74, 6) is -1.07. The summed E-state index contributed by atoms with van der Waals surface area (Å²) < 4.78 is 9.30. The van der Waals surface area contributed by atoms with Crippen molar-refractivity contribution in [3.05, 3.63) is 35.9 Å². The lowest BCUT2D eigenvalue weighted by atomic mass is 9.94. The predicted octanol–water partition coefficient (Wildman–Crippen LogP) is 1.90. The summed E-state index contributed by atoms with van der Waals surface area (Å²) in [6, 6.07) is 9.27. The van der Waals surface area contributed by atoms with E-state index in [9.17, 15) is 9.59 Å². The minimum Gasteiger partial charge on any atom is -0.469 e. The first-order valence-electron chi connectivity index (χ1n) is 5.38. The van der Waals surface area contributed by atoms with E-state index in [1.54, 1.807) is 0 Å². The van der Waals surface area contributed by atoms with Gasteiger partial charge in [0.15, 0.2) is 0 Å². The number of carbonyl (C=O) groups excluding carboxylic acids is 2. The zero-order valence-electron chi connectivity index (χ0n) is 10.0. The van der Waals surface area contributed by atoms with Gasteiger partial charge in [0.2, 0.25) is 0 Å². The summed E-state index contributed by atoms with van der Waals surface area (Å²) in [5, 5.41) is 0. The molecular weight excluding hydrogens is 220 g/mol. The number of hydrogen-bond donors (Lipinski definition) is 0. The van der Waals surface area contributed by atoms with Crippen LogP contribution in [-0.4, -0.2) is 26.2 Å². The van der Waals surface area contributed by atoms with E-state index in [0.29, 0.717) is 6.42 Å². The van der Waals surface area contributed by atoms with Gasteiger partial charge in [-0.05, 0) is 12.0 Å². The van der Waals surface area contributed by atoms with Crippen LogP contribution in [0.25, 0.3) is 0 Å². The van der Waals surface area contributed by atoms with Gasteiger partial charge in [0.1, 0.15) is 0 Å². The fraction of sp³-hybridized carbons (Fsp3) is 0.385. The zero-order chi connectivity index (χ0) is 12.7. The second-order valence-electron chi connectivity index (χ2n) is 3.60. The van der Waals surface area contributed by atoms with Crippen molar-refractivity contribution in [2.45, 2.75) is 18.8 Å². The molecule has 17 heavy (non-hydrogen) atoms. The van der Waals surface area contributed by atoms with Gasteiger partial charge < -0.3 is 9.47 Å². The molecule has 0 amide bonds. The molecule has 1 aromatic carbocycles. The molecule has 1 aromatic rings. The van der Waals surface area contributed by atoms with Crippen LogP contribution in [-0.2, 0) is 19.1 Å². The number of carbonyl (C=O) groups is 2. The summed E-state index contributed by atoms with van der Waals surface area (Å²) in [5.41, 5.74) is 0.850. The van der Waals surface area contributed by atoms with Gasteiger partial charge in [0.05, 0.1) is 20.1 Å². The Bertz CT molecular complexity index is 372. The van der Waals surface area contributed by atoms with E-state index in [1.165, 1.54) is 14.2 Å². The third-order valence-electron chi connectivity index (χ3n) is 2.55. The molecule has 0 aliphatic heterocycles. The molecule has 0 spiro atoms. The van der Waals surface area contributed by atoms with Crippen LogP contribution < -0.4 is 0 Å². The molecule has 1 rings (SSSR count). The van der Waals surface area contributed by atoms with E-state index in [0.717, 1.165) is 5.56 Å². The molecule has 0 unspecified atom stereocenters. The van der Waals surface area contributed by atoms with Crippen LogP contribution >= 0.6 is 0 Å². The summed E-state index contributed by atoms with van der Waals surface area (Å²) in [6.07, 6.45) is 0.592. The molecule has 4 heteroatoms. The Balaban J connectivity index is 2.75. The molecule has 1 atom stereocenters. The van der Waals surface area contributed by atoms with Gasteiger partial charge in [0.25, 0.3) is 0 Å². The number of ether oxygens (including phenoxy) is 2. The lowest BCUT2D eigenvalue weighted by Gasteiger charge is -2.14. The zero-order valence-corrected chi connectivity index (χ0v) is 10.0. The lowest BCUT2D eigenvalue weighted by Crippen LogP contribution is -2.16. The standard InChI is InChI=1S/C13H16O4/c1-16-12(14)9-8-11(13(15)17-2)10-6-4-3-5-7-10/h3-7,11H,8-9H2,1-2H3/t11-/m0/s1. The highest BCUT2D eigenvalue weighted by molar-refractivity contribution is 5.79. The highest BCUT2D eigenvalue weighted by Gasteiger charge is 2.22. The van der Waals surface area contributed by atoms with Gasteiger partial charge in [-0.15, -0.1) is 0 Å². The minimum atomic E-state index is -0.416. The summed E-state index contributed by atoms with van der Waals surface area (Å²) in [7, 11) is 2.68. The molecule has 0 N–H and O–H groups in total. The number of rotatable bonds is 5. The SMILES string of the molecule is COC(=O)CC[C@H](C(=O)OC)c1ccccc1. The maximum atomic E-state index is 11.6. The molecule has 0 bridgehead atoms. The molecule has 4 nitrogen and oxygen atoms in total. The molecule has 0 radical (unpaired) electrons. The highest BCUT2D eigenvalue weighted by Crippen LogP contribution is 2.22. The Morgan fingerprint density at radius 1 is 1.12 bits per heavy atom. The van der Waals surface area contributed by atoms with E-state index in [4.69, 9.17) is 4.74 Å². The van der Waals surface area contributed by atoms with Gasteiger partial charge in [-0.1, -0.05) is 30.3 Å². The van der Waals surface area contributed by atoms with Crippen molar-refractivity contribution in [3.63, 3.8) is 0 Å². The topological polar surface area (TPSA) is 52.6 Å². The van der Waals surface area contributed by atoms with Crippen LogP contribution in [0, 0.1) is 0 Å². The van der Waals surface area contributed by atoms with Crippen LogP contribution in [0.3, 0.4) is 0 Å². The van der Waals surface area contributed by atoms with Crippen molar-refractivity contribution >= 4 is 11.9 Å². The van der Waals surface area contributed by atoms with Crippen molar-refractivity contribution in [1.29, 1.82) is 0 Å². The van der Waals surface area contributed by atoms with Gasteiger partial charge in [-0.25, -0.2) is 0 Å². The quantitative estimate of drug-likeness (QED) is 0.733. The first kappa shape index (κ1) is 13.2. The molecule has 0 aliphatic carbocycles. The Kier molecular flexibility index (Phi) is 5.20. The molecule has 0 saturated carbocycles. The van der Waals surface area contributed by atoms with Crippen molar-refractivity contribution in [1.82, 2.24) is 0 Å². The first-order valence-corrected chi connectivity index (χ1v) is 5.38. The Labute approximate surface area is 101 Å². The summed E-state index contributed by atoms with van der Waals surface area (Å²) in [4.78, 5) is 22.7. The molecule has 92 valence electrons. The smallest absolute Gasteiger partial charge is 0.313 e. The highest BCUT2D eigenvalue weighted by atomic mass is 16.5. The number of methoxy groups -OCH3 is 2. The largest absolute Gasteiger partial charge is 0.469 e. The van der Waals surface area contributed by atoms with Crippen LogP contribution in [0.2, 0.25) is 0 Å². The van der Waals surface area contributed by atoms with Gasteiger partial charge >= 0.3 is 11.9 Å². The van der Waals surface area contributed by atoms with Crippen molar-refractivity contribution in [2.75, 3.05) is 14.2 Å². The van der Waals surface area contributed by atoms with Gasteiger partial charge in [-0.3, -0.25) is 9.59 Å². The summed E-state index contributed by atoms with van der Waals surface area (Å²) in [6.45, 7) is 0. The third kappa shape index (κ3) is 3.90. The predicted molar refractivity (Wildman–Crippen MR) is 62.4 cm³/mol. The van der Waals surface area contributed by atoms with Crippen molar-refractivity contribution < 1.29 is 19.1 Å². The molecule has 0 aliphatic rings. The van der Waals surface area contributed by atoms with Crippen LogP contribution in [0.15, 0.2) is 30.3 Å². The fourth-order valence-corrected chi connectivity index (χ4v) is 1.61. The number of esters is 2. The lowest BCUT2D eigenvalue weighted by molar-refractivity contribution is -0.143. The maximum absolute atomic E-state index is 11.6. The second kappa shape index (κ2) is 6.68. The molecule has 0 heterocycles. The average Bonchev–Trinajstić information content (AvgIpc) is 2.39. The monoisotopic (exact) mass is 236 g/mol. The average molecular weight is 236 g/mol. The van der Waals surface area contributed by atoms with Gasteiger partial charge in [0, 0.05) is 6.42 Å². The van der Waals surface area contributed by atoms with E-state index in [1.807, 2.05) is 30.3 Å². The molecule has 0 fully saturated rings. The van der Waals surface area contributed by atoms with Crippen molar-refractivity contribution in [2.24, 2.45) is 0 Å². The third-order valence-corrected chi connectivity index (χ3v) is 2.55. The van der Waals surface area contributed by atoms with Crippen molar-refractivity contribution in [3.8, 4) is 0 Å². The summed E-state index contributed by atoms with van der Waals surface area (Å²) >= 11 is 0.